The Morgan fingerprint density at radius 1 is 1.35 bits per heavy atom. The fraction of sp³-hybridized carbons (Fsp3) is 0.765. The fourth-order valence-corrected chi connectivity index (χ4v) is 4.26. The lowest BCUT2D eigenvalue weighted by molar-refractivity contribution is 0.213. The zero-order valence-corrected chi connectivity index (χ0v) is 12.9. The van der Waals surface area contributed by atoms with Gasteiger partial charge in [-0.05, 0) is 56.7 Å². The van der Waals surface area contributed by atoms with Gasteiger partial charge in [0.15, 0.2) is 0 Å². The van der Waals surface area contributed by atoms with Crippen molar-refractivity contribution < 1.29 is 4.42 Å². The predicted octanol–water partition coefficient (Wildman–Crippen LogP) is 3.26. The minimum atomic E-state index is 0.848. The van der Waals surface area contributed by atoms with Crippen molar-refractivity contribution >= 4 is 0 Å². The van der Waals surface area contributed by atoms with Crippen LogP contribution in [0.25, 0.3) is 0 Å². The van der Waals surface area contributed by atoms with E-state index >= 15 is 0 Å². The number of fused-ring (bicyclic) bond motifs is 2. The minimum absolute atomic E-state index is 0.848. The number of furan rings is 1. The Hall–Kier alpha value is -0.800. The van der Waals surface area contributed by atoms with Gasteiger partial charge in [-0.15, -0.1) is 0 Å². The summed E-state index contributed by atoms with van der Waals surface area (Å²) in [5.74, 6) is 4.12. The molecule has 3 heteroatoms. The van der Waals surface area contributed by atoms with E-state index in [1.54, 1.807) is 0 Å². The van der Waals surface area contributed by atoms with E-state index in [0.717, 1.165) is 43.1 Å². The van der Waals surface area contributed by atoms with Gasteiger partial charge in [0.1, 0.15) is 5.76 Å². The van der Waals surface area contributed by atoms with Gasteiger partial charge in [-0.25, -0.2) is 0 Å². The molecule has 0 spiro atoms. The Labute approximate surface area is 122 Å². The van der Waals surface area contributed by atoms with Crippen LogP contribution in [0.3, 0.4) is 0 Å². The Morgan fingerprint density at radius 2 is 2.25 bits per heavy atom. The Kier molecular flexibility index (Phi) is 4.47. The monoisotopic (exact) mass is 276 g/mol. The molecule has 2 aliphatic rings. The number of hydrogen-bond acceptors (Lipinski definition) is 3. The summed E-state index contributed by atoms with van der Waals surface area (Å²) in [6.45, 7) is 6.24. The van der Waals surface area contributed by atoms with Crippen LogP contribution in [0.2, 0.25) is 0 Å². The first-order chi connectivity index (χ1) is 9.76. The molecule has 1 N–H and O–H groups in total. The second kappa shape index (κ2) is 6.31. The van der Waals surface area contributed by atoms with Crippen molar-refractivity contribution in [2.24, 2.45) is 17.8 Å². The lowest BCUT2D eigenvalue weighted by Crippen LogP contribution is -2.28. The zero-order chi connectivity index (χ0) is 13.9. The van der Waals surface area contributed by atoms with E-state index in [9.17, 15) is 0 Å². The van der Waals surface area contributed by atoms with Crippen LogP contribution in [-0.4, -0.2) is 25.0 Å². The molecule has 0 radical (unpaired) electrons. The Morgan fingerprint density at radius 3 is 2.95 bits per heavy atom. The maximum Gasteiger partial charge on any atom is 0.122 e. The van der Waals surface area contributed by atoms with Crippen LogP contribution in [0.15, 0.2) is 16.7 Å². The molecule has 0 aromatic carbocycles. The fourth-order valence-electron chi connectivity index (χ4n) is 4.26. The van der Waals surface area contributed by atoms with Crippen molar-refractivity contribution in [1.82, 2.24) is 10.2 Å². The van der Waals surface area contributed by atoms with Crippen LogP contribution >= 0.6 is 0 Å². The summed E-state index contributed by atoms with van der Waals surface area (Å²) in [7, 11) is 2.26. The standard InChI is InChI=1S/C17H28N2O/c1-3-18-10-17-15(6-7-20-17)11-19(2)12-16-9-13-4-5-14(16)8-13/h6-7,13-14,16,18H,3-5,8-12H2,1-2H3. The Bertz CT molecular complexity index is 428. The van der Waals surface area contributed by atoms with Gasteiger partial charge in [0.25, 0.3) is 0 Å². The van der Waals surface area contributed by atoms with Gasteiger partial charge in [-0.1, -0.05) is 13.3 Å². The molecule has 0 aliphatic heterocycles. The van der Waals surface area contributed by atoms with Gasteiger partial charge < -0.3 is 14.6 Å². The van der Waals surface area contributed by atoms with Crippen LogP contribution in [0.1, 0.15) is 43.9 Å². The van der Waals surface area contributed by atoms with Crippen molar-refractivity contribution in [1.29, 1.82) is 0 Å². The van der Waals surface area contributed by atoms with Crippen molar-refractivity contribution in [3.63, 3.8) is 0 Å². The summed E-state index contributed by atoms with van der Waals surface area (Å²) in [6.07, 6.45) is 7.80. The molecule has 0 amide bonds. The molecule has 3 nitrogen and oxygen atoms in total. The predicted molar refractivity (Wildman–Crippen MR) is 81.4 cm³/mol. The van der Waals surface area contributed by atoms with Crippen molar-refractivity contribution in [2.45, 2.75) is 45.7 Å². The molecule has 2 fully saturated rings. The topological polar surface area (TPSA) is 28.4 Å². The van der Waals surface area contributed by atoms with Gasteiger partial charge in [0.05, 0.1) is 12.8 Å². The molecule has 2 bridgehead atoms. The van der Waals surface area contributed by atoms with E-state index in [0.29, 0.717) is 0 Å². The van der Waals surface area contributed by atoms with Crippen LogP contribution in [-0.2, 0) is 13.1 Å². The highest BCUT2D eigenvalue weighted by molar-refractivity contribution is 5.16. The van der Waals surface area contributed by atoms with Crippen LogP contribution in [0.4, 0.5) is 0 Å². The third-order valence-electron chi connectivity index (χ3n) is 5.24. The van der Waals surface area contributed by atoms with Crippen LogP contribution in [0, 0.1) is 17.8 Å². The molecular weight excluding hydrogens is 248 g/mol. The van der Waals surface area contributed by atoms with E-state index in [1.165, 1.54) is 37.8 Å². The number of hydrogen-bond donors (Lipinski definition) is 1. The number of nitrogens with one attached hydrogen (secondary N) is 1. The van der Waals surface area contributed by atoms with Crippen LogP contribution < -0.4 is 5.32 Å². The molecule has 3 atom stereocenters. The molecule has 20 heavy (non-hydrogen) atoms. The molecule has 112 valence electrons. The largest absolute Gasteiger partial charge is 0.468 e. The highest BCUT2D eigenvalue weighted by Gasteiger charge is 2.39. The normalized spacial score (nSPS) is 28.6. The average molecular weight is 276 g/mol. The van der Waals surface area contributed by atoms with E-state index in [2.05, 4.69) is 30.3 Å². The molecule has 0 saturated heterocycles. The van der Waals surface area contributed by atoms with E-state index in [-0.39, 0.29) is 0 Å². The molecule has 1 aromatic rings. The van der Waals surface area contributed by atoms with Gasteiger partial charge in [0, 0.05) is 18.7 Å². The molecule has 3 rings (SSSR count). The second-order valence-corrected chi connectivity index (χ2v) is 6.78. The maximum atomic E-state index is 5.60. The number of nitrogens with zero attached hydrogens (tertiary/aromatic N) is 1. The van der Waals surface area contributed by atoms with E-state index in [1.807, 2.05) is 6.26 Å². The molecule has 1 heterocycles. The van der Waals surface area contributed by atoms with Crippen LogP contribution in [0.5, 0.6) is 0 Å². The van der Waals surface area contributed by atoms with Crippen molar-refractivity contribution in [2.75, 3.05) is 20.1 Å². The highest BCUT2D eigenvalue weighted by atomic mass is 16.3. The average Bonchev–Trinajstić information content (AvgIpc) is 3.13. The van der Waals surface area contributed by atoms with Crippen molar-refractivity contribution in [3.05, 3.63) is 23.7 Å². The molecule has 1 aromatic heterocycles. The first-order valence-electron chi connectivity index (χ1n) is 8.20. The van der Waals surface area contributed by atoms with Gasteiger partial charge >= 0.3 is 0 Å². The van der Waals surface area contributed by atoms with E-state index in [4.69, 9.17) is 4.42 Å². The quantitative estimate of drug-likeness (QED) is 0.828. The summed E-state index contributed by atoms with van der Waals surface area (Å²) in [5.41, 5.74) is 1.34. The molecule has 2 aliphatic carbocycles. The second-order valence-electron chi connectivity index (χ2n) is 6.78. The summed E-state index contributed by atoms with van der Waals surface area (Å²) in [4.78, 5) is 2.49. The molecule has 2 saturated carbocycles. The number of rotatable bonds is 7. The molecular formula is C17H28N2O. The zero-order valence-electron chi connectivity index (χ0n) is 12.9. The summed E-state index contributed by atoms with van der Waals surface area (Å²) in [5, 5.41) is 3.35. The summed E-state index contributed by atoms with van der Waals surface area (Å²) in [6, 6.07) is 2.13. The van der Waals surface area contributed by atoms with Gasteiger partial charge in [0.2, 0.25) is 0 Å². The maximum absolute atomic E-state index is 5.60. The first-order valence-corrected chi connectivity index (χ1v) is 8.20. The smallest absolute Gasteiger partial charge is 0.122 e. The minimum Gasteiger partial charge on any atom is -0.468 e. The summed E-state index contributed by atoms with van der Waals surface area (Å²) >= 11 is 0. The lowest BCUT2D eigenvalue weighted by Gasteiger charge is -2.27. The summed E-state index contributed by atoms with van der Waals surface area (Å²) < 4.78 is 5.60. The molecule has 3 unspecified atom stereocenters. The SMILES string of the molecule is CCNCc1occc1CN(C)CC1CC2CCC1C2. The van der Waals surface area contributed by atoms with E-state index < -0.39 is 0 Å². The third-order valence-corrected chi connectivity index (χ3v) is 5.24. The first kappa shape index (κ1) is 14.2. The van der Waals surface area contributed by atoms with Gasteiger partial charge in [-0.3, -0.25) is 0 Å². The van der Waals surface area contributed by atoms with Crippen molar-refractivity contribution in [3.8, 4) is 0 Å². The Balaban J connectivity index is 1.51. The highest BCUT2D eigenvalue weighted by Crippen LogP contribution is 2.48. The lowest BCUT2D eigenvalue weighted by atomic mass is 9.88. The third kappa shape index (κ3) is 3.09. The van der Waals surface area contributed by atoms with Gasteiger partial charge in [-0.2, -0.15) is 0 Å².